The van der Waals surface area contributed by atoms with Crippen molar-refractivity contribution >= 4 is 5.91 Å². The lowest BCUT2D eigenvalue weighted by Gasteiger charge is -2.22. The predicted octanol–water partition coefficient (Wildman–Crippen LogP) is 3.90. The summed E-state index contributed by atoms with van der Waals surface area (Å²) in [7, 11) is 0. The normalized spacial score (nSPS) is 12.7. The Morgan fingerprint density at radius 1 is 1.09 bits per heavy atom. The third-order valence-corrected chi connectivity index (χ3v) is 3.26. The van der Waals surface area contributed by atoms with E-state index < -0.39 is 18.1 Å². The number of hydrogen-bond donors (Lipinski definition) is 1. The predicted molar refractivity (Wildman–Crippen MR) is 78.6 cm³/mol. The van der Waals surface area contributed by atoms with Crippen LogP contribution in [0.1, 0.15) is 21.5 Å². The molecular formula is C17H16F3NO. The van der Waals surface area contributed by atoms with Gasteiger partial charge in [-0.1, -0.05) is 48.0 Å². The van der Waals surface area contributed by atoms with Crippen LogP contribution in [0.15, 0.2) is 54.6 Å². The van der Waals surface area contributed by atoms with Crippen molar-refractivity contribution < 1.29 is 18.0 Å². The van der Waals surface area contributed by atoms with Crippen LogP contribution < -0.4 is 5.32 Å². The number of benzene rings is 2. The molecule has 0 aliphatic heterocycles. The van der Waals surface area contributed by atoms with E-state index in [4.69, 9.17) is 0 Å². The Morgan fingerprint density at radius 3 is 2.36 bits per heavy atom. The van der Waals surface area contributed by atoms with E-state index in [0.717, 1.165) is 5.56 Å². The summed E-state index contributed by atoms with van der Waals surface area (Å²) >= 11 is 0. The summed E-state index contributed by atoms with van der Waals surface area (Å²) in [4.78, 5) is 11.9. The molecule has 2 rings (SSSR count). The Bertz CT molecular complexity index is 638. The van der Waals surface area contributed by atoms with Crippen molar-refractivity contribution in [3.8, 4) is 0 Å². The quantitative estimate of drug-likeness (QED) is 0.912. The molecule has 2 aromatic carbocycles. The maximum absolute atomic E-state index is 13.2. The SMILES string of the molecule is Cc1cccc(C[C@H](NC(=O)c2ccccc2)C(F)(F)F)c1. The molecule has 0 unspecified atom stereocenters. The number of aryl methyl sites for hydroxylation is 1. The van der Waals surface area contributed by atoms with Gasteiger partial charge in [0.1, 0.15) is 6.04 Å². The second-order valence-electron chi connectivity index (χ2n) is 5.13. The molecular weight excluding hydrogens is 291 g/mol. The van der Waals surface area contributed by atoms with Crippen LogP contribution in [0.3, 0.4) is 0 Å². The Labute approximate surface area is 127 Å². The third-order valence-electron chi connectivity index (χ3n) is 3.26. The minimum absolute atomic E-state index is 0.209. The molecule has 0 aliphatic carbocycles. The Balaban J connectivity index is 2.15. The van der Waals surface area contributed by atoms with Crippen molar-refractivity contribution in [3.63, 3.8) is 0 Å². The molecule has 0 radical (unpaired) electrons. The zero-order valence-corrected chi connectivity index (χ0v) is 12.0. The van der Waals surface area contributed by atoms with Gasteiger partial charge in [-0.15, -0.1) is 0 Å². The fourth-order valence-electron chi connectivity index (χ4n) is 2.15. The first-order valence-corrected chi connectivity index (χ1v) is 6.84. The van der Waals surface area contributed by atoms with Crippen molar-refractivity contribution in [1.29, 1.82) is 0 Å². The number of carbonyl (C=O) groups is 1. The molecule has 0 fully saturated rings. The molecule has 0 spiro atoms. The van der Waals surface area contributed by atoms with Crippen molar-refractivity contribution in [1.82, 2.24) is 5.32 Å². The second kappa shape index (κ2) is 6.64. The molecule has 5 heteroatoms. The highest BCUT2D eigenvalue weighted by atomic mass is 19.4. The highest BCUT2D eigenvalue weighted by molar-refractivity contribution is 5.94. The van der Waals surface area contributed by atoms with Crippen molar-refractivity contribution in [2.45, 2.75) is 25.6 Å². The lowest BCUT2D eigenvalue weighted by Crippen LogP contribution is -2.46. The zero-order chi connectivity index (χ0) is 16.2. The summed E-state index contributed by atoms with van der Waals surface area (Å²) in [5, 5.41) is 2.08. The van der Waals surface area contributed by atoms with E-state index >= 15 is 0 Å². The van der Waals surface area contributed by atoms with Gasteiger partial charge in [0.15, 0.2) is 0 Å². The van der Waals surface area contributed by atoms with Crippen molar-refractivity contribution in [2.75, 3.05) is 0 Å². The van der Waals surface area contributed by atoms with Crippen LogP contribution in [0.4, 0.5) is 13.2 Å². The van der Waals surface area contributed by atoms with Crippen LogP contribution in [-0.4, -0.2) is 18.1 Å². The van der Waals surface area contributed by atoms with Gasteiger partial charge in [-0.3, -0.25) is 4.79 Å². The number of alkyl halides is 3. The third kappa shape index (κ3) is 4.35. The number of nitrogens with one attached hydrogen (secondary N) is 1. The lowest BCUT2D eigenvalue weighted by molar-refractivity contribution is -0.153. The average molecular weight is 307 g/mol. The zero-order valence-electron chi connectivity index (χ0n) is 12.0. The highest BCUT2D eigenvalue weighted by Crippen LogP contribution is 2.24. The van der Waals surface area contributed by atoms with E-state index in [1.54, 1.807) is 36.4 Å². The van der Waals surface area contributed by atoms with Crippen molar-refractivity contribution in [3.05, 3.63) is 71.3 Å². The molecule has 0 saturated carbocycles. The van der Waals surface area contributed by atoms with Crippen LogP contribution in [-0.2, 0) is 6.42 Å². The summed E-state index contributed by atoms with van der Waals surface area (Å²) in [5.41, 5.74) is 1.63. The minimum Gasteiger partial charge on any atom is -0.340 e. The Hall–Kier alpha value is -2.30. The maximum atomic E-state index is 13.2. The van der Waals surface area contributed by atoms with Crippen LogP contribution in [0.5, 0.6) is 0 Å². The molecule has 0 aliphatic rings. The molecule has 0 bridgehead atoms. The Kier molecular flexibility index (Phi) is 4.85. The molecule has 2 nitrogen and oxygen atoms in total. The van der Waals surface area contributed by atoms with E-state index in [2.05, 4.69) is 5.32 Å². The fourth-order valence-corrected chi connectivity index (χ4v) is 2.15. The minimum atomic E-state index is -4.51. The van der Waals surface area contributed by atoms with Gasteiger partial charge in [0.05, 0.1) is 0 Å². The van der Waals surface area contributed by atoms with Crippen LogP contribution in [0, 0.1) is 6.92 Å². The fraction of sp³-hybridized carbons (Fsp3) is 0.235. The second-order valence-corrected chi connectivity index (χ2v) is 5.13. The summed E-state index contributed by atoms with van der Waals surface area (Å²) in [6, 6.07) is 12.8. The number of halogens is 3. The van der Waals surface area contributed by atoms with Gasteiger partial charge < -0.3 is 5.32 Å². The maximum Gasteiger partial charge on any atom is 0.408 e. The topological polar surface area (TPSA) is 29.1 Å². The van der Waals surface area contributed by atoms with Crippen LogP contribution >= 0.6 is 0 Å². The summed E-state index contributed by atoms with van der Waals surface area (Å²) in [6.45, 7) is 1.81. The molecule has 22 heavy (non-hydrogen) atoms. The summed E-state index contributed by atoms with van der Waals surface area (Å²) in [6.07, 6.45) is -4.79. The van der Waals surface area contributed by atoms with Crippen LogP contribution in [0.2, 0.25) is 0 Å². The standard InChI is InChI=1S/C17H16F3NO/c1-12-6-5-7-13(10-12)11-15(17(18,19)20)21-16(22)14-8-3-2-4-9-14/h2-10,15H,11H2,1H3,(H,21,22)/t15-/m0/s1. The van der Waals surface area contributed by atoms with E-state index in [0.29, 0.717) is 5.56 Å². The Morgan fingerprint density at radius 2 is 1.77 bits per heavy atom. The molecule has 1 amide bonds. The number of hydrogen-bond acceptors (Lipinski definition) is 1. The molecule has 0 heterocycles. The first-order chi connectivity index (χ1) is 10.4. The molecule has 1 N–H and O–H groups in total. The van der Waals surface area contributed by atoms with Crippen LogP contribution in [0.25, 0.3) is 0 Å². The average Bonchev–Trinajstić information content (AvgIpc) is 2.46. The number of carbonyl (C=O) groups excluding carboxylic acids is 1. The van der Waals surface area contributed by atoms with E-state index in [-0.39, 0.29) is 12.0 Å². The number of amides is 1. The van der Waals surface area contributed by atoms with Gasteiger partial charge >= 0.3 is 6.18 Å². The molecule has 116 valence electrons. The summed E-state index contributed by atoms with van der Waals surface area (Å²) < 4.78 is 39.5. The lowest BCUT2D eigenvalue weighted by atomic mass is 10.0. The summed E-state index contributed by atoms with van der Waals surface area (Å²) in [5.74, 6) is -0.726. The molecule has 0 saturated heterocycles. The van der Waals surface area contributed by atoms with E-state index in [9.17, 15) is 18.0 Å². The molecule has 0 aromatic heterocycles. The molecule has 2 aromatic rings. The first kappa shape index (κ1) is 16.1. The highest BCUT2D eigenvalue weighted by Gasteiger charge is 2.40. The van der Waals surface area contributed by atoms with E-state index in [1.165, 1.54) is 12.1 Å². The largest absolute Gasteiger partial charge is 0.408 e. The molecule has 1 atom stereocenters. The first-order valence-electron chi connectivity index (χ1n) is 6.84. The smallest absolute Gasteiger partial charge is 0.340 e. The van der Waals surface area contributed by atoms with Crippen molar-refractivity contribution in [2.24, 2.45) is 0 Å². The van der Waals surface area contributed by atoms with Gasteiger partial charge in [0.2, 0.25) is 0 Å². The van der Waals surface area contributed by atoms with Gasteiger partial charge in [-0.25, -0.2) is 0 Å². The van der Waals surface area contributed by atoms with E-state index in [1.807, 2.05) is 13.0 Å². The van der Waals surface area contributed by atoms with Gasteiger partial charge in [0.25, 0.3) is 5.91 Å². The van der Waals surface area contributed by atoms with Gasteiger partial charge in [-0.2, -0.15) is 13.2 Å². The van der Waals surface area contributed by atoms with Gasteiger partial charge in [-0.05, 0) is 24.6 Å². The number of rotatable bonds is 4. The monoisotopic (exact) mass is 307 g/mol. The van der Waals surface area contributed by atoms with Gasteiger partial charge in [0, 0.05) is 12.0 Å².